The van der Waals surface area contributed by atoms with Gasteiger partial charge in [0.25, 0.3) is 5.91 Å². The van der Waals surface area contributed by atoms with Gasteiger partial charge >= 0.3 is 0 Å². The van der Waals surface area contributed by atoms with Crippen molar-refractivity contribution >= 4 is 17.5 Å². The smallest absolute Gasteiger partial charge is 0.271 e. The van der Waals surface area contributed by atoms with E-state index in [1.54, 1.807) is 26.5 Å². The van der Waals surface area contributed by atoms with Gasteiger partial charge in [-0.25, -0.2) is 4.98 Å². The minimum Gasteiger partial charge on any atom is -0.351 e. The molecule has 6 nitrogen and oxygen atoms in total. The molecule has 0 spiro atoms. The van der Waals surface area contributed by atoms with Crippen molar-refractivity contribution in [1.29, 1.82) is 0 Å². The highest BCUT2D eigenvalue weighted by Gasteiger charge is 2.17. The molecular formula is C12H16ClN5O. The van der Waals surface area contributed by atoms with Crippen LogP contribution >= 0.6 is 11.6 Å². The topological polar surface area (TPSA) is 64.7 Å². The maximum absolute atomic E-state index is 12.0. The van der Waals surface area contributed by atoms with Crippen LogP contribution in [0.1, 0.15) is 22.6 Å². The summed E-state index contributed by atoms with van der Waals surface area (Å²) in [6.45, 7) is 3.17. The summed E-state index contributed by atoms with van der Waals surface area (Å²) in [5, 5.41) is 7.36. The first-order chi connectivity index (χ1) is 9.09. The van der Waals surface area contributed by atoms with Crippen molar-refractivity contribution in [2.75, 3.05) is 6.54 Å². The highest BCUT2D eigenvalue weighted by molar-refractivity contribution is 6.34. The second-order valence-electron chi connectivity index (χ2n) is 4.28. The van der Waals surface area contributed by atoms with E-state index in [-0.39, 0.29) is 5.91 Å². The summed E-state index contributed by atoms with van der Waals surface area (Å²) in [5.74, 6) is -0.196. The number of carbonyl (C=O) groups excluding carboxylic acids is 1. The monoisotopic (exact) mass is 281 g/mol. The van der Waals surface area contributed by atoms with Gasteiger partial charge in [-0.1, -0.05) is 11.6 Å². The molecule has 2 rings (SSSR count). The fourth-order valence-corrected chi connectivity index (χ4v) is 2.09. The maximum atomic E-state index is 12.0. The summed E-state index contributed by atoms with van der Waals surface area (Å²) in [6.07, 6.45) is 6.21. The lowest BCUT2D eigenvalue weighted by atomic mass is 10.3. The van der Waals surface area contributed by atoms with Crippen molar-refractivity contribution in [2.24, 2.45) is 7.05 Å². The molecule has 0 aromatic carbocycles. The number of aryl methyl sites for hydroxylation is 3. The Kier molecular flexibility index (Phi) is 4.21. The second-order valence-corrected chi connectivity index (χ2v) is 4.66. The lowest BCUT2D eigenvalue weighted by Gasteiger charge is -2.06. The van der Waals surface area contributed by atoms with E-state index in [1.165, 1.54) is 4.68 Å². The summed E-state index contributed by atoms with van der Waals surface area (Å²) >= 11 is 6.05. The third kappa shape index (κ3) is 3.14. The number of halogens is 1. The van der Waals surface area contributed by atoms with Crippen LogP contribution in [0.5, 0.6) is 0 Å². The molecule has 2 heterocycles. The fraction of sp³-hybridized carbons (Fsp3) is 0.417. The van der Waals surface area contributed by atoms with Crippen molar-refractivity contribution in [1.82, 2.24) is 24.6 Å². The van der Waals surface area contributed by atoms with Crippen LogP contribution in [-0.2, 0) is 13.6 Å². The van der Waals surface area contributed by atoms with Gasteiger partial charge in [0.15, 0.2) is 0 Å². The standard InChI is InChI=1S/C12H16ClN5O/c1-9-10(13)11(17(2)16-9)12(19)15-4-3-6-18-7-5-14-8-18/h5,7-8H,3-4,6H2,1-2H3,(H,15,19). The molecule has 0 unspecified atom stereocenters. The Morgan fingerprint density at radius 3 is 2.89 bits per heavy atom. The van der Waals surface area contributed by atoms with Crippen LogP contribution in [0.4, 0.5) is 0 Å². The molecule has 0 aliphatic carbocycles. The lowest BCUT2D eigenvalue weighted by Crippen LogP contribution is -2.27. The van der Waals surface area contributed by atoms with Crippen molar-refractivity contribution in [3.05, 3.63) is 35.1 Å². The minimum absolute atomic E-state index is 0.196. The van der Waals surface area contributed by atoms with Gasteiger partial charge < -0.3 is 9.88 Å². The lowest BCUT2D eigenvalue weighted by molar-refractivity contribution is 0.0943. The molecule has 0 saturated carbocycles. The maximum Gasteiger partial charge on any atom is 0.271 e. The van der Waals surface area contributed by atoms with Crippen LogP contribution < -0.4 is 5.32 Å². The molecule has 0 aliphatic rings. The Bertz CT molecular complexity index is 561. The van der Waals surface area contributed by atoms with Crippen molar-refractivity contribution in [3.8, 4) is 0 Å². The normalized spacial score (nSPS) is 10.7. The van der Waals surface area contributed by atoms with Gasteiger partial charge in [0.2, 0.25) is 0 Å². The van der Waals surface area contributed by atoms with E-state index in [0.717, 1.165) is 13.0 Å². The molecule has 0 fully saturated rings. The summed E-state index contributed by atoms with van der Waals surface area (Å²) in [7, 11) is 1.71. The number of nitrogens with zero attached hydrogens (tertiary/aromatic N) is 4. The number of rotatable bonds is 5. The number of hydrogen-bond acceptors (Lipinski definition) is 3. The third-order valence-corrected chi connectivity index (χ3v) is 3.25. The molecule has 0 aliphatic heterocycles. The number of aromatic nitrogens is 4. The van der Waals surface area contributed by atoms with E-state index in [1.807, 2.05) is 10.8 Å². The van der Waals surface area contributed by atoms with E-state index in [4.69, 9.17) is 11.6 Å². The molecule has 7 heteroatoms. The van der Waals surface area contributed by atoms with Crippen molar-refractivity contribution < 1.29 is 4.79 Å². The van der Waals surface area contributed by atoms with E-state index in [2.05, 4.69) is 15.4 Å². The predicted molar refractivity (Wildman–Crippen MR) is 72.1 cm³/mol. The molecule has 1 amide bonds. The highest BCUT2D eigenvalue weighted by Crippen LogP contribution is 2.18. The summed E-state index contributed by atoms with van der Waals surface area (Å²) in [5.41, 5.74) is 1.06. The zero-order valence-electron chi connectivity index (χ0n) is 10.9. The SMILES string of the molecule is Cc1nn(C)c(C(=O)NCCCn2ccnc2)c1Cl. The molecule has 2 aromatic heterocycles. The fourth-order valence-electron chi connectivity index (χ4n) is 1.85. The van der Waals surface area contributed by atoms with Crippen LogP contribution in [-0.4, -0.2) is 31.8 Å². The zero-order chi connectivity index (χ0) is 13.8. The van der Waals surface area contributed by atoms with E-state index >= 15 is 0 Å². The van der Waals surface area contributed by atoms with Crippen LogP contribution in [0.3, 0.4) is 0 Å². The van der Waals surface area contributed by atoms with Gasteiger partial charge in [0.05, 0.1) is 17.0 Å². The van der Waals surface area contributed by atoms with Crippen LogP contribution in [0.15, 0.2) is 18.7 Å². The van der Waals surface area contributed by atoms with Gasteiger partial charge in [-0.05, 0) is 13.3 Å². The molecular weight excluding hydrogens is 266 g/mol. The Labute approximate surface area is 116 Å². The van der Waals surface area contributed by atoms with E-state index < -0.39 is 0 Å². The average Bonchev–Trinajstić information content (AvgIpc) is 2.95. The van der Waals surface area contributed by atoms with Gasteiger partial charge in [-0.3, -0.25) is 9.48 Å². The first-order valence-electron chi connectivity index (χ1n) is 6.02. The van der Waals surface area contributed by atoms with Gasteiger partial charge in [0, 0.05) is 32.5 Å². The summed E-state index contributed by atoms with van der Waals surface area (Å²) in [4.78, 5) is 15.9. The molecule has 0 bridgehead atoms. The number of carbonyl (C=O) groups is 1. The Morgan fingerprint density at radius 2 is 2.32 bits per heavy atom. The Balaban J connectivity index is 1.84. The van der Waals surface area contributed by atoms with Crippen LogP contribution in [0.25, 0.3) is 0 Å². The second kappa shape index (κ2) is 5.88. The molecule has 2 aromatic rings. The average molecular weight is 282 g/mol. The first kappa shape index (κ1) is 13.6. The predicted octanol–water partition coefficient (Wildman–Crippen LogP) is 1.40. The number of hydrogen-bond donors (Lipinski definition) is 1. The molecule has 0 radical (unpaired) electrons. The van der Waals surface area contributed by atoms with Gasteiger partial charge in [-0.15, -0.1) is 0 Å². The zero-order valence-corrected chi connectivity index (χ0v) is 11.7. The summed E-state index contributed by atoms with van der Waals surface area (Å²) < 4.78 is 3.47. The Hall–Kier alpha value is -1.82. The highest BCUT2D eigenvalue weighted by atomic mass is 35.5. The van der Waals surface area contributed by atoms with Gasteiger partial charge in [-0.2, -0.15) is 5.10 Å². The van der Waals surface area contributed by atoms with Crippen molar-refractivity contribution in [2.45, 2.75) is 19.9 Å². The molecule has 102 valence electrons. The number of imidazole rings is 1. The molecule has 0 atom stereocenters. The van der Waals surface area contributed by atoms with Gasteiger partial charge in [0.1, 0.15) is 5.69 Å². The quantitative estimate of drug-likeness (QED) is 0.843. The number of amides is 1. The molecule has 0 saturated heterocycles. The van der Waals surface area contributed by atoms with E-state index in [0.29, 0.717) is 23.0 Å². The van der Waals surface area contributed by atoms with Crippen molar-refractivity contribution in [3.63, 3.8) is 0 Å². The molecule has 1 N–H and O–H groups in total. The van der Waals surface area contributed by atoms with Crippen LogP contribution in [0.2, 0.25) is 5.02 Å². The largest absolute Gasteiger partial charge is 0.351 e. The van der Waals surface area contributed by atoms with Crippen LogP contribution in [0, 0.1) is 6.92 Å². The van der Waals surface area contributed by atoms with E-state index in [9.17, 15) is 4.79 Å². The summed E-state index contributed by atoms with van der Waals surface area (Å²) in [6, 6.07) is 0. The first-order valence-corrected chi connectivity index (χ1v) is 6.40. The minimum atomic E-state index is -0.196. The molecule has 19 heavy (non-hydrogen) atoms. The number of nitrogens with one attached hydrogen (secondary N) is 1. The Morgan fingerprint density at radius 1 is 1.53 bits per heavy atom. The third-order valence-electron chi connectivity index (χ3n) is 2.80.